The highest BCUT2D eigenvalue weighted by molar-refractivity contribution is 5.91. The molecule has 150 valence electrons. The SMILES string of the molecule is O=C(NCCN1CCCC(c2ccccc2)C1)c1ccc(CN2CCCC2)o1. The molecule has 1 unspecified atom stereocenters. The van der Waals surface area contributed by atoms with Gasteiger partial charge in [-0.25, -0.2) is 0 Å². The number of furan rings is 1. The van der Waals surface area contributed by atoms with E-state index in [2.05, 4.69) is 45.4 Å². The van der Waals surface area contributed by atoms with Crippen molar-refractivity contribution in [3.05, 3.63) is 59.5 Å². The largest absolute Gasteiger partial charge is 0.455 e. The summed E-state index contributed by atoms with van der Waals surface area (Å²) in [6.45, 7) is 6.78. The Morgan fingerprint density at radius 1 is 1.00 bits per heavy atom. The number of nitrogens with zero attached hydrogens (tertiary/aromatic N) is 2. The lowest BCUT2D eigenvalue weighted by Gasteiger charge is -2.33. The highest BCUT2D eigenvalue weighted by atomic mass is 16.4. The topological polar surface area (TPSA) is 48.7 Å². The summed E-state index contributed by atoms with van der Waals surface area (Å²) in [6.07, 6.45) is 4.98. The van der Waals surface area contributed by atoms with Crippen molar-refractivity contribution in [2.24, 2.45) is 0 Å². The monoisotopic (exact) mass is 381 g/mol. The van der Waals surface area contributed by atoms with Gasteiger partial charge in [0, 0.05) is 19.6 Å². The Labute approximate surface area is 167 Å². The van der Waals surface area contributed by atoms with Crippen molar-refractivity contribution < 1.29 is 9.21 Å². The fourth-order valence-corrected chi connectivity index (χ4v) is 4.42. The molecule has 2 aliphatic heterocycles. The smallest absolute Gasteiger partial charge is 0.287 e. The van der Waals surface area contributed by atoms with Crippen molar-refractivity contribution in [3.63, 3.8) is 0 Å². The molecule has 1 atom stereocenters. The molecule has 0 saturated carbocycles. The molecule has 1 aromatic heterocycles. The number of nitrogens with one attached hydrogen (secondary N) is 1. The molecule has 2 fully saturated rings. The van der Waals surface area contributed by atoms with Crippen LogP contribution in [0.25, 0.3) is 0 Å². The Bertz CT molecular complexity index is 752. The van der Waals surface area contributed by atoms with Crippen molar-refractivity contribution >= 4 is 5.91 Å². The Hall–Kier alpha value is -2.11. The maximum absolute atomic E-state index is 12.4. The number of likely N-dealkylation sites (tertiary alicyclic amines) is 2. The molecule has 2 saturated heterocycles. The predicted octanol–water partition coefficient (Wildman–Crippen LogP) is 3.48. The lowest BCUT2D eigenvalue weighted by molar-refractivity contribution is 0.0914. The van der Waals surface area contributed by atoms with Gasteiger partial charge in [-0.3, -0.25) is 9.69 Å². The Balaban J connectivity index is 1.21. The Kier molecular flexibility index (Phi) is 6.45. The van der Waals surface area contributed by atoms with E-state index in [1.54, 1.807) is 6.07 Å². The Morgan fingerprint density at radius 3 is 2.61 bits per heavy atom. The summed E-state index contributed by atoms with van der Waals surface area (Å²) in [5.74, 6) is 1.80. The van der Waals surface area contributed by atoms with Crippen molar-refractivity contribution in [3.8, 4) is 0 Å². The summed E-state index contributed by atoms with van der Waals surface area (Å²) < 4.78 is 5.76. The van der Waals surface area contributed by atoms with Gasteiger partial charge in [0.1, 0.15) is 5.76 Å². The van der Waals surface area contributed by atoms with Gasteiger partial charge in [-0.2, -0.15) is 0 Å². The lowest BCUT2D eigenvalue weighted by Crippen LogP contribution is -2.40. The number of carbonyl (C=O) groups excluding carboxylic acids is 1. The van der Waals surface area contributed by atoms with E-state index >= 15 is 0 Å². The normalized spacial score (nSPS) is 21.1. The molecule has 1 amide bonds. The summed E-state index contributed by atoms with van der Waals surface area (Å²) in [6, 6.07) is 14.5. The predicted molar refractivity (Wildman–Crippen MR) is 110 cm³/mol. The van der Waals surface area contributed by atoms with Gasteiger partial charge in [0.25, 0.3) is 5.91 Å². The van der Waals surface area contributed by atoms with Crippen LogP contribution in [0.1, 0.15) is 53.5 Å². The van der Waals surface area contributed by atoms with Crippen LogP contribution in [0.15, 0.2) is 46.9 Å². The van der Waals surface area contributed by atoms with E-state index < -0.39 is 0 Å². The zero-order valence-electron chi connectivity index (χ0n) is 16.6. The second-order valence-corrected chi connectivity index (χ2v) is 8.06. The summed E-state index contributed by atoms with van der Waals surface area (Å²) in [5.41, 5.74) is 1.43. The van der Waals surface area contributed by atoms with E-state index in [4.69, 9.17) is 4.42 Å². The molecule has 2 aromatic rings. The average Bonchev–Trinajstić information content (AvgIpc) is 3.41. The fourth-order valence-electron chi connectivity index (χ4n) is 4.42. The molecule has 1 N–H and O–H groups in total. The summed E-state index contributed by atoms with van der Waals surface area (Å²) in [7, 11) is 0. The molecule has 0 bridgehead atoms. The minimum Gasteiger partial charge on any atom is -0.455 e. The molecule has 1 aromatic carbocycles. The van der Waals surface area contributed by atoms with E-state index in [1.165, 1.54) is 31.2 Å². The molecular weight excluding hydrogens is 350 g/mol. The molecular formula is C23H31N3O2. The number of carbonyl (C=O) groups is 1. The van der Waals surface area contributed by atoms with Crippen LogP contribution in [0.2, 0.25) is 0 Å². The number of hydrogen-bond donors (Lipinski definition) is 1. The van der Waals surface area contributed by atoms with E-state index in [0.717, 1.165) is 45.0 Å². The fraction of sp³-hybridized carbons (Fsp3) is 0.522. The van der Waals surface area contributed by atoms with Crippen LogP contribution < -0.4 is 5.32 Å². The summed E-state index contributed by atoms with van der Waals surface area (Å²) in [4.78, 5) is 17.2. The number of benzene rings is 1. The highest BCUT2D eigenvalue weighted by Crippen LogP contribution is 2.26. The van der Waals surface area contributed by atoms with Gasteiger partial charge in [-0.05, 0) is 68.9 Å². The molecule has 4 rings (SSSR count). The zero-order chi connectivity index (χ0) is 19.2. The summed E-state index contributed by atoms with van der Waals surface area (Å²) >= 11 is 0. The molecule has 2 aliphatic rings. The average molecular weight is 382 g/mol. The van der Waals surface area contributed by atoms with Crippen molar-refractivity contribution in [1.82, 2.24) is 15.1 Å². The van der Waals surface area contributed by atoms with Gasteiger partial charge in [0.2, 0.25) is 0 Å². The molecule has 28 heavy (non-hydrogen) atoms. The van der Waals surface area contributed by atoms with Crippen LogP contribution in [-0.2, 0) is 6.54 Å². The molecule has 0 radical (unpaired) electrons. The van der Waals surface area contributed by atoms with Crippen molar-refractivity contribution in [2.75, 3.05) is 39.3 Å². The van der Waals surface area contributed by atoms with Gasteiger partial charge in [0.15, 0.2) is 5.76 Å². The number of piperidine rings is 1. The lowest BCUT2D eigenvalue weighted by atomic mass is 9.91. The second kappa shape index (κ2) is 9.39. The zero-order valence-corrected chi connectivity index (χ0v) is 16.6. The van der Waals surface area contributed by atoms with Gasteiger partial charge in [0.05, 0.1) is 6.54 Å². The number of hydrogen-bond acceptors (Lipinski definition) is 4. The molecule has 0 spiro atoms. The van der Waals surface area contributed by atoms with Gasteiger partial charge in [-0.15, -0.1) is 0 Å². The quantitative estimate of drug-likeness (QED) is 0.798. The van der Waals surface area contributed by atoms with Crippen LogP contribution in [0.4, 0.5) is 0 Å². The molecule has 0 aliphatic carbocycles. The maximum Gasteiger partial charge on any atom is 0.287 e. The Morgan fingerprint density at radius 2 is 1.79 bits per heavy atom. The van der Waals surface area contributed by atoms with E-state index in [-0.39, 0.29) is 5.91 Å². The number of amides is 1. The summed E-state index contributed by atoms with van der Waals surface area (Å²) in [5, 5.41) is 3.02. The van der Waals surface area contributed by atoms with Crippen LogP contribution in [0, 0.1) is 0 Å². The standard InChI is InChI=1S/C23H31N3O2/c27-23(22-11-10-21(28-22)18-25-13-4-5-14-25)24-12-16-26-15-6-9-20(17-26)19-7-2-1-3-8-19/h1-3,7-8,10-11,20H,4-6,9,12-18H2,(H,24,27). The van der Waals surface area contributed by atoms with E-state index in [0.29, 0.717) is 18.2 Å². The van der Waals surface area contributed by atoms with Gasteiger partial charge < -0.3 is 14.6 Å². The van der Waals surface area contributed by atoms with Gasteiger partial charge in [-0.1, -0.05) is 30.3 Å². The van der Waals surface area contributed by atoms with E-state index in [9.17, 15) is 4.79 Å². The molecule has 5 heteroatoms. The first kappa shape index (κ1) is 19.2. The first-order valence-corrected chi connectivity index (χ1v) is 10.6. The first-order chi connectivity index (χ1) is 13.8. The van der Waals surface area contributed by atoms with Crippen LogP contribution in [0.5, 0.6) is 0 Å². The first-order valence-electron chi connectivity index (χ1n) is 10.6. The van der Waals surface area contributed by atoms with Crippen LogP contribution in [-0.4, -0.2) is 55.0 Å². The van der Waals surface area contributed by atoms with E-state index in [1.807, 2.05) is 6.07 Å². The van der Waals surface area contributed by atoms with Crippen molar-refractivity contribution in [1.29, 1.82) is 0 Å². The second-order valence-electron chi connectivity index (χ2n) is 8.06. The third-order valence-electron chi connectivity index (χ3n) is 5.95. The minimum absolute atomic E-state index is 0.107. The third-order valence-corrected chi connectivity index (χ3v) is 5.95. The van der Waals surface area contributed by atoms with Gasteiger partial charge >= 0.3 is 0 Å². The van der Waals surface area contributed by atoms with Crippen LogP contribution >= 0.6 is 0 Å². The molecule has 3 heterocycles. The molecule has 5 nitrogen and oxygen atoms in total. The van der Waals surface area contributed by atoms with Crippen LogP contribution in [0.3, 0.4) is 0 Å². The van der Waals surface area contributed by atoms with Crippen molar-refractivity contribution in [2.45, 2.75) is 38.1 Å². The minimum atomic E-state index is -0.107. The third kappa shape index (κ3) is 5.03. The number of rotatable bonds is 7. The highest BCUT2D eigenvalue weighted by Gasteiger charge is 2.21. The maximum atomic E-state index is 12.4.